The first-order valence-corrected chi connectivity index (χ1v) is 9.42. The molecule has 0 saturated heterocycles. The number of benzene rings is 2. The van der Waals surface area contributed by atoms with Crippen molar-refractivity contribution in [3.8, 4) is 21.0 Å². The number of aromatic nitrogens is 1. The lowest BCUT2D eigenvalue weighted by Gasteiger charge is -2.04. The van der Waals surface area contributed by atoms with E-state index >= 15 is 0 Å². The lowest BCUT2D eigenvalue weighted by Crippen LogP contribution is -2.27. The summed E-state index contributed by atoms with van der Waals surface area (Å²) < 4.78 is 0. The summed E-state index contributed by atoms with van der Waals surface area (Å²) in [5.41, 5.74) is 4.31. The molecule has 0 radical (unpaired) electrons. The maximum atomic E-state index is 12.3. The molecule has 3 nitrogen and oxygen atoms in total. The summed E-state index contributed by atoms with van der Waals surface area (Å²) >= 11 is 1.66. The maximum Gasteiger partial charge on any atom is 0.226 e. The molecule has 0 aliphatic heterocycles. The van der Waals surface area contributed by atoms with Crippen LogP contribution in [-0.4, -0.2) is 16.9 Å². The van der Waals surface area contributed by atoms with Gasteiger partial charge in [-0.2, -0.15) is 0 Å². The molecule has 2 aromatic carbocycles. The molecule has 1 aromatic heterocycles. The van der Waals surface area contributed by atoms with Gasteiger partial charge < -0.3 is 5.32 Å². The molecule has 1 aliphatic rings. The van der Waals surface area contributed by atoms with Crippen LogP contribution >= 0.6 is 11.3 Å². The minimum absolute atomic E-state index is 0.0702. The van der Waals surface area contributed by atoms with Gasteiger partial charge in [0.05, 0.1) is 17.0 Å². The van der Waals surface area contributed by atoms with Gasteiger partial charge in [0, 0.05) is 11.6 Å². The minimum Gasteiger partial charge on any atom is -0.353 e. The Morgan fingerprint density at radius 1 is 1.08 bits per heavy atom. The van der Waals surface area contributed by atoms with Gasteiger partial charge in [-0.1, -0.05) is 60.2 Å². The summed E-state index contributed by atoms with van der Waals surface area (Å²) in [4.78, 5) is 18.2. The molecule has 0 spiro atoms. The van der Waals surface area contributed by atoms with Crippen molar-refractivity contribution < 1.29 is 4.79 Å². The van der Waals surface area contributed by atoms with Gasteiger partial charge in [-0.15, -0.1) is 11.3 Å². The monoisotopic (exact) mass is 348 g/mol. The zero-order chi connectivity index (χ0) is 17.2. The Morgan fingerprint density at radius 2 is 1.80 bits per heavy atom. The molecule has 126 valence electrons. The Kier molecular flexibility index (Phi) is 4.36. The predicted octanol–water partition coefficient (Wildman–Crippen LogP) is 4.61. The maximum absolute atomic E-state index is 12.3. The van der Waals surface area contributed by atoms with E-state index in [0.717, 1.165) is 39.5 Å². The Hall–Kier alpha value is -2.46. The van der Waals surface area contributed by atoms with Crippen LogP contribution in [0.5, 0.6) is 0 Å². The zero-order valence-electron chi connectivity index (χ0n) is 14.2. The third-order valence-corrected chi connectivity index (χ3v) is 5.50. The van der Waals surface area contributed by atoms with E-state index in [1.54, 1.807) is 11.3 Å². The van der Waals surface area contributed by atoms with Crippen molar-refractivity contribution in [1.29, 1.82) is 0 Å². The topological polar surface area (TPSA) is 42.0 Å². The van der Waals surface area contributed by atoms with Gasteiger partial charge in [0.15, 0.2) is 0 Å². The molecule has 25 heavy (non-hydrogen) atoms. The van der Waals surface area contributed by atoms with Crippen LogP contribution in [0.15, 0.2) is 54.6 Å². The Morgan fingerprint density at radius 3 is 2.48 bits per heavy atom. The van der Waals surface area contributed by atoms with Crippen LogP contribution in [0.1, 0.15) is 24.1 Å². The lowest BCUT2D eigenvalue weighted by molar-refractivity contribution is -0.120. The summed E-state index contributed by atoms with van der Waals surface area (Å²) in [5.74, 6) is 0.0702. The smallest absolute Gasteiger partial charge is 0.226 e. The van der Waals surface area contributed by atoms with Crippen molar-refractivity contribution in [2.75, 3.05) is 0 Å². The summed E-state index contributed by atoms with van der Waals surface area (Å²) in [6, 6.07) is 19.0. The number of nitrogens with zero attached hydrogens (tertiary/aromatic N) is 1. The third-order valence-electron chi connectivity index (χ3n) is 4.30. The largest absolute Gasteiger partial charge is 0.353 e. The second kappa shape index (κ2) is 6.81. The SMILES string of the molecule is Cc1ccc(-c2sc(-c3ccccc3)nc2CC(=O)NC2CC2)cc1. The van der Waals surface area contributed by atoms with Gasteiger partial charge in [-0.05, 0) is 25.3 Å². The van der Waals surface area contributed by atoms with Crippen LogP contribution in [0, 0.1) is 6.92 Å². The number of hydrogen-bond donors (Lipinski definition) is 1. The molecule has 0 unspecified atom stereocenters. The highest BCUT2D eigenvalue weighted by molar-refractivity contribution is 7.18. The molecule has 1 saturated carbocycles. The van der Waals surface area contributed by atoms with Crippen LogP contribution in [0.3, 0.4) is 0 Å². The number of carbonyl (C=O) groups excluding carboxylic acids is 1. The molecule has 1 N–H and O–H groups in total. The lowest BCUT2D eigenvalue weighted by atomic mass is 10.1. The highest BCUT2D eigenvalue weighted by Gasteiger charge is 2.24. The Balaban J connectivity index is 1.70. The highest BCUT2D eigenvalue weighted by Crippen LogP contribution is 2.36. The van der Waals surface area contributed by atoms with Crippen molar-refractivity contribution >= 4 is 17.2 Å². The average molecular weight is 348 g/mol. The molecule has 0 atom stereocenters. The second-order valence-corrected chi connectivity index (χ2v) is 7.54. The Bertz CT molecular complexity index is 880. The summed E-state index contributed by atoms with van der Waals surface area (Å²) in [7, 11) is 0. The number of aryl methyl sites for hydroxylation is 1. The molecular formula is C21H20N2OS. The first kappa shape index (κ1) is 16.0. The van der Waals surface area contributed by atoms with E-state index < -0.39 is 0 Å². The van der Waals surface area contributed by atoms with Gasteiger partial charge in [0.2, 0.25) is 5.91 Å². The van der Waals surface area contributed by atoms with E-state index in [4.69, 9.17) is 4.98 Å². The molecule has 4 rings (SSSR count). The predicted molar refractivity (Wildman–Crippen MR) is 103 cm³/mol. The van der Waals surface area contributed by atoms with Gasteiger partial charge in [-0.3, -0.25) is 4.79 Å². The van der Waals surface area contributed by atoms with E-state index in [-0.39, 0.29) is 5.91 Å². The highest BCUT2D eigenvalue weighted by atomic mass is 32.1. The second-order valence-electron chi connectivity index (χ2n) is 6.55. The minimum atomic E-state index is 0.0702. The summed E-state index contributed by atoms with van der Waals surface area (Å²) in [6.07, 6.45) is 2.54. The number of hydrogen-bond acceptors (Lipinski definition) is 3. The number of rotatable bonds is 5. The number of amides is 1. The van der Waals surface area contributed by atoms with Crippen molar-refractivity contribution in [2.24, 2.45) is 0 Å². The molecule has 4 heteroatoms. The fourth-order valence-electron chi connectivity index (χ4n) is 2.76. The Labute approximate surface area is 151 Å². The van der Waals surface area contributed by atoms with Crippen LogP contribution in [-0.2, 0) is 11.2 Å². The standard InChI is InChI=1S/C21H20N2OS/c1-14-7-9-15(10-8-14)20-18(13-19(24)22-17-11-12-17)23-21(25-20)16-5-3-2-4-6-16/h2-10,17H,11-13H2,1H3,(H,22,24). The number of carbonyl (C=O) groups is 1. The normalized spacial score (nSPS) is 13.6. The molecule has 0 bridgehead atoms. The molecule has 3 aromatic rings. The quantitative estimate of drug-likeness (QED) is 0.732. The first-order valence-electron chi connectivity index (χ1n) is 8.60. The van der Waals surface area contributed by atoms with Crippen LogP contribution in [0.25, 0.3) is 21.0 Å². The fraction of sp³-hybridized carbons (Fsp3) is 0.238. The molecule has 1 amide bonds. The third kappa shape index (κ3) is 3.80. The van der Waals surface area contributed by atoms with Crippen molar-refractivity contribution in [3.63, 3.8) is 0 Å². The van der Waals surface area contributed by atoms with Gasteiger partial charge in [0.1, 0.15) is 5.01 Å². The van der Waals surface area contributed by atoms with E-state index in [1.165, 1.54) is 5.56 Å². The molecule has 1 heterocycles. The van der Waals surface area contributed by atoms with E-state index in [0.29, 0.717) is 12.5 Å². The average Bonchev–Trinajstić information content (AvgIpc) is 3.34. The summed E-state index contributed by atoms with van der Waals surface area (Å²) in [6.45, 7) is 2.08. The number of nitrogens with one attached hydrogen (secondary N) is 1. The molecule has 1 fully saturated rings. The van der Waals surface area contributed by atoms with Crippen LogP contribution < -0.4 is 5.32 Å². The fourth-order valence-corrected chi connectivity index (χ4v) is 3.86. The molecule has 1 aliphatic carbocycles. The van der Waals surface area contributed by atoms with Gasteiger partial charge in [-0.25, -0.2) is 4.98 Å². The van der Waals surface area contributed by atoms with Crippen LogP contribution in [0.4, 0.5) is 0 Å². The number of thiazole rings is 1. The van der Waals surface area contributed by atoms with E-state index in [1.807, 2.05) is 18.2 Å². The van der Waals surface area contributed by atoms with Crippen molar-refractivity contribution in [3.05, 3.63) is 65.9 Å². The molecular weight excluding hydrogens is 328 g/mol. The summed E-state index contributed by atoms with van der Waals surface area (Å²) in [5, 5.41) is 4.03. The first-order chi connectivity index (χ1) is 12.2. The zero-order valence-corrected chi connectivity index (χ0v) is 15.0. The van der Waals surface area contributed by atoms with Gasteiger partial charge in [0.25, 0.3) is 0 Å². The van der Waals surface area contributed by atoms with Gasteiger partial charge >= 0.3 is 0 Å². The van der Waals surface area contributed by atoms with Crippen molar-refractivity contribution in [1.82, 2.24) is 10.3 Å². The van der Waals surface area contributed by atoms with E-state index in [2.05, 4.69) is 48.6 Å². The van der Waals surface area contributed by atoms with Crippen LogP contribution in [0.2, 0.25) is 0 Å². The van der Waals surface area contributed by atoms with E-state index in [9.17, 15) is 4.79 Å². The van der Waals surface area contributed by atoms with Crippen molar-refractivity contribution in [2.45, 2.75) is 32.2 Å².